The fourth-order valence-electron chi connectivity index (χ4n) is 2.21. The second-order valence-corrected chi connectivity index (χ2v) is 5.79. The molecule has 0 fully saturated rings. The van der Waals surface area contributed by atoms with E-state index >= 15 is 0 Å². The largest absolute Gasteiger partial charge is 0.452 e. The Morgan fingerprint density at radius 2 is 1.50 bits per heavy atom. The molecule has 28 heavy (non-hydrogen) atoms. The summed E-state index contributed by atoms with van der Waals surface area (Å²) in [5, 5.41) is 2.38. The Balaban J connectivity index is 2.13. The van der Waals surface area contributed by atoms with E-state index in [0.717, 1.165) is 5.56 Å². The summed E-state index contributed by atoms with van der Waals surface area (Å²) in [6, 6.07) is 6.93. The first-order valence-electron chi connectivity index (χ1n) is 7.69. The Hall–Kier alpha value is -3.04. The summed E-state index contributed by atoms with van der Waals surface area (Å²) in [5.74, 6) is -2.29. The van der Waals surface area contributed by atoms with Crippen LogP contribution in [0.4, 0.5) is 32.0 Å². The predicted molar refractivity (Wildman–Crippen MR) is 86.5 cm³/mol. The monoisotopic (exact) mass is 405 g/mol. The summed E-state index contributed by atoms with van der Waals surface area (Å²) in [6.45, 7) is 0.881. The third-order valence-corrected chi connectivity index (χ3v) is 3.46. The van der Waals surface area contributed by atoms with Crippen LogP contribution < -0.4 is 5.32 Å². The molecule has 0 saturated carbocycles. The third-order valence-electron chi connectivity index (χ3n) is 3.46. The number of carbonyl (C=O) groups excluding carboxylic acids is 2. The van der Waals surface area contributed by atoms with Crippen molar-refractivity contribution in [1.82, 2.24) is 0 Å². The highest BCUT2D eigenvalue weighted by Crippen LogP contribution is 2.36. The molecule has 1 N–H and O–H groups in total. The minimum atomic E-state index is -5.10. The number of ether oxygens (including phenoxy) is 1. The number of halogens is 6. The number of esters is 1. The van der Waals surface area contributed by atoms with Crippen molar-refractivity contribution in [2.75, 3.05) is 11.9 Å². The van der Waals surface area contributed by atoms with Crippen LogP contribution in [0, 0.1) is 6.92 Å². The molecule has 0 aliphatic carbocycles. The summed E-state index contributed by atoms with van der Waals surface area (Å²) in [5.41, 5.74) is -3.06. The van der Waals surface area contributed by atoms with Crippen LogP contribution in [0.5, 0.6) is 0 Å². The van der Waals surface area contributed by atoms with Gasteiger partial charge in [-0.05, 0) is 42.8 Å². The van der Waals surface area contributed by atoms with Crippen molar-refractivity contribution < 1.29 is 40.7 Å². The molecule has 2 aromatic rings. The predicted octanol–water partition coefficient (Wildman–Crippen LogP) is 4.83. The average Bonchev–Trinajstić information content (AvgIpc) is 2.57. The van der Waals surface area contributed by atoms with E-state index in [1.807, 2.05) is 0 Å². The zero-order valence-corrected chi connectivity index (χ0v) is 14.2. The van der Waals surface area contributed by atoms with Crippen molar-refractivity contribution in [3.8, 4) is 0 Å². The molecule has 4 nitrogen and oxygen atoms in total. The van der Waals surface area contributed by atoms with Crippen LogP contribution >= 0.6 is 0 Å². The lowest BCUT2D eigenvalue weighted by atomic mass is 10.0. The molecule has 0 radical (unpaired) electrons. The summed E-state index contributed by atoms with van der Waals surface area (Å²) in [6.07, 6.45) is -10.2. The van der Waals surface area contributed by atoms with E-state index in [2.05, 4.69) is 10.1 Å². The first kappa shape index (κ1) is 21.3. The average molecular weight is 405 g/mol. The van der Waals surface area contributed by atoms with Gasteiger partial charge in [0.1, 0.15) is 0 Å². The Kier molecular flexibility index (Phi) is 6.01. The Labute approximate surface area is 155 Å². The van der Waals surface area contributed by atoms with Gasteiger partial charge in [0.15, 0.2) is 6.61 Å². The molecule has 1 amide bonds. The smallest absolute Gasteiger partial charge is 0.416 e. The van der Waals surface area contributed by atoms with E-state index in [1.165, 1.54) is 0 Å². The van der Waals surface area contributed by atoms with Gasteiger partial charge < -0.3 is 10.1 Å². The summed E-state index contributed by atoms with van der Waals surface area (Å²) >= 11 is 0. The third kappa shape index (κ3) is 5.73. The molecule has 0 bridgehead atoms. The van der Waals surface area contributed by atoms with Crippen LogP contribution in [0.15, 0.2) is 42.5 Å². The van der Waals surface area contributed by atoms with Gasteiger partial charge in [-0.15, -0.1) is 0 Å². The van der Waals surface area contributed by atoms with E-state index in [1.54, 1.807) is 31.2 Å². The fourth-order valence-corrected chi connectivity index (χ4v) is 2.21. The first-order valence-corrected chi connectivity index (χ1v) is 7.69. The van der Waals surface area contributed by atoms with Crippen LogP contribution in [0.2, 0.25) is 0 Å². The van der Waals surface area contributed by atoms with Crippen LogP contribution in [-0.2, 0) is 21.9 Å². The molecule has 2 rings (SSSR count). The first-order chi connectivity index (χ1) is 12.9. The molecule has 0 aliphatic heterocycles. The molecular weight excluding hydrogens is 392 g/mol. The van der Waals surface area contributed by atoms with Gasteiger partial charge in [-0.3, -0.25) is 4.79 Å². The van der Waals surface area contributed by atoms with E-state index in [-0.39, 0.29) is 18.2 Å². The van der Waals surface area contributed by atoms with Gasteiger partial charge in [-0.2, -0.15) is 26.3 Å². The Morgan fingerprint density at radius 3 is 2.00 bits per heavy atom. The minimum Gasteiger partial charge on any atom is -0.452 e. The molecule has 0 atom stereocenters. The highest BCUT2D eigenvalue weighted by atomic mass is 19.4. The number of benzene rings is 2. The van der Waals surface area contributed by atoms with E-state index in [9.17, 15) is 35.9 Å². The van der Waals surface area contributed by atoms with E-state index in [0.29, 0.717) is 5.69 Å². The second-order valence-electron chi connectivity index (χ2n) is 5.79. The van der Waals surface area contributed by atoms with Gasteiger partial charge in [0.2, 0.25) is 0 Å². The van der Waals surface area contributed by atoms with Gasteiger partial charge in [-0.25, -0.2) is 4.79 Å². The molecule has 0 aromatic heterocycles. The number of alkyl halides is 6. The number of rotatable bonds is 4. The minimum absolute atomic E-state index is 0.110. The molecule has 2 aromatic carbocycles. The number of carbonyl (C=O) groups is 2. The van der Waals surface area contributed by atoms with E-state index < -0.39 is 47.5 Å². The quantitative estimate of drug-likeness (QED) is 0.586. The van der Waals surface area contributed by atoms with Crippen LogP contribution in [0.3, 0.4) is 0 Å². The standard InChI is InChI=1S/C18H13F6NO3/c1-10-3-2-4-14(5-10)25-15(26)9-28-16(27)11-6-12(17(19,20)21)8-13(7-11)18(22,23)24/h2-8H,9H2,1H3,(H,25,26). The van der Waals surface area contributed by atoms with Crippen molar-refractivity contribution in [2.45, 2.75) is 19.3 Å². The topological polar surface area (TPSA) is 55.4 Å². The number of nitrogens with one attached hydrogen (secondary N) is 1. The molecular formula is C18H13F6NO3. The SMILES string of the molecule is Cc1cccc(NC(=O)COC(=O)c2cc(C(F)(F)F)cc(C(F)(F)F)c2)c1. The van der Waals surface area contributed by atoms with Gasteiger partial charge in [0.25, 0.3) is 5.91 Å². The molecule has 0 spiro atoms. The van der Waals surface area contributed by atoms with Crippen molar-refractivity contribution in [2.24, 2.45) is 0 Å². The van der Waals surface area contributed by atoms with Crippen molar-refractivity contribution >= 4 is 17.6 Å². The number of anilines is 1. The molecule has 0 saturated heterocycles. The van der Waals surface area contributed by atoms with Crippen LogP contribution in [0.1, 0.15) is 27.0 Å². The summed E-state index contributed by atoms with van der Waals surface area (Å²) < 4.78 is 81.4. The zero-order valence-electron chi connectivity index (χ0n) is 14.2. The van der Waals surface area contributed by atoms with Gasteiger partial charge in [0, 0.05) is 5.69 Å². The molecule has 0 heterocycles. The van der Waals surface area contributed by atoms with E-state index in [4.69, 9.17) is 0 Å². The van der Waals surface area contributed by atoms with Crippen molar-refractivity contribution in [3.63, 3.8) is 0 Å². The second kappa shape index (κ2) is 7.91. The molecule has 0 unspecified atom stereocenters. The van der Waals surface area contributed by atoms with Crippen molar-refractivity contribution in [1.29, 1.82) is 0 Å². The number of aryl methyl sites for hydroxylation is 1. The normalized spacial score (nSPS) is 11.8. The molecule has 10 heteroatoms. The molecule has 150 valence electrons. The lowest BCUT2D eigenvalue weighted by molar-refractivity contribution is -0.143. The Morgan fingerprint density at radius 1 is 0.929 bits per heavy atom. The zero-order chi connectivity index (χ0) is 21.1. The van der Waals surface area contributed by atoms with Crippen molar-refractivity contribution in [3.05, 3.63) is 64.7 Å². The maximum absolute atomic E-state index is 12.8. The Bertz CT molecular complexity index is 857. The number of amides is 1. The van der Waals surface area contributed by atoms with Gasteiger partial charge >= 0.3 is 18.3 Å². The number of hydrogen-bond acceptors (Lipinski definition) is 3. The number of hydrogen-bond donors (Lipinski definition) is 1. The fraction of sp³-hybridized carbons (Fsp3) is 0.222. The lowest BCUT2D eigenvalue weighted by Gasteiger charge is -2.14. The highest BCUT2D eigenvalue weighted by Gasteiger charge is 2.37. The van der Waals surface area contributed by atoms with Gasteiger partial charge in [-0.1, -0.05) is 12.1 Å². The summed E-state index contributed by atoms with van der Waals surface area (Å²) in [7, 11) is 0. The molecule has 0 aliphatic rings. The maximum Gasteiger partial charge on any atom is 0.416 e. The maximum atomic E-state index is 12.8. The van der Waals surface area contributed by atoms with Gasteiger partial charge in [0.05, 0.1) is 16.7 Å². The van der Waals surface area contributed by atoms with Crippen LogP contribution in [-0.4, -0.2) is 18.5 Å². The van der Waals surface area contributed by atoms with Crippen LogP contribution in [0.25, 0.3) is 0 Å². The summed E-state index contributed by atoms with van der Waals surface area (Å²) in [4.78, 5) is 23.6. The lowest BCUT2D eigenvalue weighted by Crippen LogP contribution is -2.21. The highest BCUT2D eigenvalue weighted by molar-refractivity contribution is 5.95.